The Hall–Kier alpha value is -1.66. The minimum absolute atomic E-state index is 0.0122. The van der Waals surface area contributed by atoms with Gasteiger partial charge in [-0.1, -0.05) is 41.5 Å². The number of rotatable bonds is 27. The van der Waals surface area contributed by atoms with Gasteiger partial charge in [-0.05, 0) is 6.92 Å². The maximum atomic E-state index is 12.9. The summed E-state index contributed by atoms with van der Waals surface area (Å²) in [6.45, 7) is 13.7. The molecule has 0 saturated heterocycles. The summed E-state index contributed by atoms with van der Waals surface area (Å²) in [7, 11) is 0. The van der Waals surface area contributed by atoms with Crippen LogP contribution in [-0.4, -0.2) is 98.9 Å². The van der Waals surface area contributed by atoms with Gasteiger partial charge in [0.15, 0.2) is 0 Å². The SMILES string of the molecule is CC(=O)CCOCC(COCCC(=O)C(C)C)(COCCC(=O)C(C)C)NC(=O)CCOCCSCC(=O)C(C)C. The number of hydrogen-bond donors (Lipinski definition) is 1. The Morgan fingerprint density at radius 1 is 0.610 bits per heavy atom. The molecule has 11 heteroatoms. The van der Waals surface area contributed by atoms with Gasteiger partial charge in [-0.25, -0.2) is 0 Å². The first-order chi connectivity index (χ1) is 19.3. The van der Waals surface area contributed by atoms with Crippen molar-refractivity contribution in [1.29, 1.82) is 0 Å². The van der Waals surface area contributed by atoms with Crippen LogP contribution < -0.4 is 5.32 Å². The molecule has 0 saturated carbocycles. The summed E-state index contributed by atoms with van der Waals surface area (Å²) in [5.41, 5.74) is -1.09. The minimum atomic E-state index is -1.09. The average Bonchev–Trinajstić information content (AvgIpc) is 2.90. The lowest BCUT2D eigenvalue weighted by Gasteiger charge is -2.34. The first-order valence-electron chi connectivity index (χ1n) is 14.6. The van der Waals surface area contributed by atoms with Crippen LogP contribution in [0.5, 0.6) is 0 Å². The quantitative estimate of drug-likeness (QED) is 0.139. The Labute approximate surface area is 250 Å². The summed E-state index contributed by atoms with van der Waals surface area (Å²) in [5.74, 6) is 0.930. The lowest BCUT2D eigenvalue weighted by Crippen LogP contribution is -2.59. The lowest BCUT2D eigenvalue weighted by atomic mass is 10.0. The molecule has 0 unspecified atom stereocenters. The van der Waals surface area contributed by atoms with Crippen LogP contribution in [0.25, 0.3) is 0 Å². The second kappa shape index (κ2) is 22.9. The molecule has 0 spiro atoms. The maximum Gasteiger partial charge on any atom is 0.222 e. The molecule has 10 nitrogen and oxygen atoms in total. The van der Waals surface area contributed by atoms with Gasteiger partial charge in [0.25, 0.3) is 0 Å². The Bertz CT molecular complexity index is 771. The van der Waals surface area contributed by atoms with E-state index < -0.39 is 5.54 Å². The molecule has 0 fully saturated rings. The molecule has 0 bridgehead atoms. The van der Waals surface area contributed by atoms with Gasteiger partial charge in [0, 0.05) is 49.2 Å². The van der Waals surface area contributed by atoms with Gasteiger partial charge in [0.2, 0.25) is 5.91 Å². The zero-order valence-corrected chi connectivity index (χ0v) is 27.0. The molecule has 0 aromatic carbocycles. The molecule has 0 aromatic rings. The highest BCUT2D eigenvalue weighted by atomic mass is 32.2. The molecule has 238 valence electrons. The van der Waals surface area contributed by atoms with Gasteiger partial charge in [0.1, 0.15) is 28.7 Å². The third-order valence-electron chi connectivity index (χ3n) is 6.15. The van der Waals surface area contributed by atoms with Gasteiger partial charge >= 0.3 is 0 Å². The molecule has 0 atom stereocenters. The number of nitrogens with one attached hydrogen (secondary N) is 1. The van der Waals surface area contributed by atoms with Crippen LogP contribution >= 0.6 is 11.8 Å². The van der Waals surface area contributed by atoms with Crippen molar-refractivity contribution in [2.24, 2.45) is 17.8 Å². The monoisotopic (exact) mass is 603 g/mol. The molecule has 0 rings (SSSR count). The first-order valence-corrected chi connectivity index (χ1v) is 15.7. The van der Waals surface area contributed by atoms with E-state index in [1.807, 2.05) is 41.5 Å². The molecule has 1 N–H and O–H groups in total. The van der Waals surface area contributed by atoms with E-state index in [1.165, 1.54) is 18.7 Å². The summed E-state index contributed by atoms with van der Waals surface area (Å²) in [5, 5.41) is 2.97. The molecule has 0 aliphatic heterocycles. The average molecular weight is 604 g/mol. The normalized spacial score (nSPS) is 11.9. The van der Waals surface area contributed by atoms with E-state index in [4.69, 9.17) is 18.9 Å². The third-order valence-corrected chi connectivity index (χ3v) is 7.09. The molecular formula is C30H53NO9S. The number of carbonyl (C=O) groups excluding carboxylic acids is 5. The van der Waals surface area contributed by atoms with Crippen LogP contribution in [0.4, 0.5) is 0 Å². The summed E-state index contributed by atoms with van der Waals surface area (Å²) >= 11 is 1.50. The fourth-order valence-electron chi connectivity index (χ4n) is 3.26. The van der Waals surface area contributed by atoms with Crippen molar-refractivity contribution in [2.45, 2.75) is 79.7 Å². The highest BCUT2D eigenvalue weighted by Crippen LogP contribution is 2.12. The molecule has 0 aliphatic carbocycles. The van der Waals surface area contributed by atoms with E-state index in [2.05, 4.69) is 5.32 Å². The van der Waals surface area contributed by atoms with Crippen LogP contribution in [0.1, 0.15) is 74.1 Å². The topological polar surface area (TPSA) is 134 Å². The van der Waals surface area contributed by atoms with Crippen molar-refractivity contribution in [3.63, 3.8) is 0 Å². The number of ketones is 4. The molecule has 0 aliphatic rings. The van der Waals surface area contributed by atoms with Gasteiger partial charge in [-0.3, -0.25) is 24.0 Å². The van der Waals surface area contributed by atoms with Crippen LogP contribution in [0.2, 0.25) is 0 Å². The Morgan fingerprint density at radius 3 is 1.49 bits per heavy atom. The van der Waals surface area contributed by atoms with Crippen molar-refractivity contribution < 1.29 is 42.9 Å². The Kier molecular flexibility index (Phi) is 22.0. The van der Waals surface area contributed by atoms with Crippen molar-refractivity contribution >= 4 is 40.8 Å². The summed E-state index contributed by atoms with van der Waals surface area (Å²) < 4.78 is 23.0. The van der Waals surface area contributed by atoms with Gasteiger partial charge < -0.3 is 24.3 Å². The Balaban J connectivity index is 5.17. The predicted octanol–water partition coefficient (Wildman–Crippen LogP) is 3.47. The fraction of sp³-hybridized carbons (Fsp3) is 0.833. The van der Waals surface area contributed by atoms with E-state index in [1.54, 1.807) is 0 Å². The highest BCUT2D eigenvalue weighted by Gasteiger charge is 2.34. The summed E-state index contributed by atoms with van der Waals surface area (Å²) in [6.07, 6.45) is 0.797. The third kappa shape index (κ3) is 20.8. The van der Waals surface area contributed by atoms with Gasteiger partial charge in [-0.2, -0.15) is 11.8 Å². The summed E-state index contributed by atoms with van der Waals surface area (Å²) in [6, 6.07) is 0. The molecular weight excluding hydrogens is 550 g/mol. The van der Waals surface area contributed by atoms with Crippen molar-refractivity contribution in [2.75, 3.05) is 64.4 Å². The highest BCUT2D eigenvalue weighted by molar-refractivity contribution is 7.99. The number of thioether (sulfide) groups is 1. The standard InChI is InChI=1S/C30H53NO9S/c1-22(2)26(33)9-13-39-20-30(19-38-12-8-25(7)32,21-40-14-10-27(34)23(3)4)31-29(36)11-15-37-16-17-41-18-28(35)24(5)6/h22-24H,8-21H2,1-7H3,(H,31,36). The lowest BCUT2D eigenvalue weighted by molar-refractivity contribution is -0.131. The van der Waals surface area contributed by atoms with Gasteiger partial charge in [0.05, 0.1) is 58.6 Å². The first kappa shape index (κ1) is 39.3. The van der Waals surface area contributed by atoms with Crippen LogP contribution in [0, 0.1) is 17.8 Å². The zero-order valence-electron chi connectivity index (χ0n) is 26.2. The molecule has 0 radical (unpaired) electrons. The van der Waals surface area contributed by atoms with E-state index in [9.17, 15) is 24.0 Å². The number of amides is 1. The van der Waals surface area contributed by atoms with E-state index in [0.717, 1.165) is 0 Å². The maximum absolute atomic E-state index is 12.9. The van der Waals surface area contributed by atoms with Crippen LogP contribution in [-0.2, 0) is 42.9 Å². The molecule has 0 heterocycles. The predicted molar refractivity (Wildman–Crippen MR) is 160 cm³/mol. The van der Waals surface area contributed by atoms with E-state index >= 15 is 0 Å². The van der Waals surface area contributed by atoms with Crippen LogP contribution in [0.15, 0.2) is 0 Å². The van der Waals surface area contributed by atoms with E-state index in [-0.39, 0.29) is 119 Å². The number of hydrogen-bond acceptors (Lipinski definition) is 10. The Morgan fingerprint density at radius 2 is 1.05 bits per heavy atom. The molecule has 41 heavy (non-hydrogen) atoms. The van der Waals surface area contributed by atoms with Crippen molar-refractivity contribution in [3.05, 3.63) is 0 Å². The second-order valence-corrected chi connectivity index (χ2v) is 12.3. The number of ether oxygens (including phenoxy) is 4. The second-order valence-electron chi connectivity index (χ2n) is 11.2. The smallest absolute Gasteiger partial charge is 0.222 e. The van der Waals surface area contributed by atoms with E-state index in [0.29, 0.717) is 18.1 Å². The fourth-order valence-corrected chi connectivity index (χ4v) is 4.17. The minimum Gasteiger partial charge on any atom is -0.380 e. The molecule has 1 amide bonds. The largest absolute Gasteiger partial charge is 0.380 e. The number of Topliss-reactive ketones (excluding diaryl/α,β-unsaturated/α-hetero) is 4. The van der Waals surface area contributed by atoms with Crippen molar-refractivity contribution in [3.8, 4) is 0 Å². The summed E-state index contributed by atoms with van der Waals surface area (Å²) in [4.78, 5) is 60.1. The van der Waals surface area contributed by atoms with Crippen molar-refractivity contribution in [1.82, 2.24) is 5.32 Å². The van der Waals surface area contributed by atoms with Gasteiger partial charge in [-0.15, -0.1) is 0 Å². The number of carbonyl (C=O) groups is 5. The zero-order chi connectivity index (χ0) is 31.3. The molecule has 0 aromatic heterocycles. The van der Waals surface area contributed by atoms with Crippen LogP contribution in [0.3, 0.4) is 0 Å².